The summed E-state index contributed by atoms with van der Waals surface area (Å²) in [5.74, 6) is -0.333. The number of carbonyl (C=O) groups excluding carboxylic acids is 1. The molecule has 0 aromatic rings. The molecule has 0 saturated carbocycles. The molecule has 0 aliphatic carbocycles. The third-order valence-electron chi connectivity index (χ3n) is 0. The van der Waals surface area contributed by atoms with Gasteiger partial charge in [-0.3, -0.25) is 10.2 Å². The first-order chi connectivity index (χ1) is 3.15. The average Bonchev–Trinajstić information content (AvgIpc) is 1.33. The summed E-state index contributed by atoms with van der Waals surface area (Å²) in [7, 11) is 0. The second-order valence-electron chi connectivity index (χ2n) is 0.591. The summed E-state index contributed by atoms with van der Waals surface area (Å²) in [5.41, 5.74) is 13.1. The largest absolute Gasteiger partial charge is 0.372 e. The highest BCUT2D eigenvalue weighted by molar-refractivity contribution is 5.85. The highest BCUT2D eigenvalue weighted by Gasteiger charge is 1.52. The summed E-state index contributed by atoms with van der Waals surface area (Å²) >= 11 is 0. The zero-order valence-corrected chi connectivity index (χ0v) is 4.94. The van der Waals surface area contributed by atoms with Crippen LogP contribution in [0.25, 0.3) is 0 Å². The lowest BCUT2D eigenvalue weighted by molar-refractivity contribution is -0.106. The maximum absolute atomic E-state index is 8.58. The van der Waals surface area contributed by atoms with Crippen LogP contribution in [0.3, 0.4) is 0 Å². The lowest BCUT2D eigenvalue weighted by atomic mass is 11.1. The van der Waals surface area contributed by atoms with Gasteiger partial charge in [-0.2, -0.15) is 0 Å². The first-order valence-corrected chi connectivity index (χ1v) is 1.40. The summed E-state index contributed by atoms with van der Waals surface area (Å²) in [6, 6.07) is 0. The maximum atomic E-state index is 8.58. The lowest BCUT2D eigenvalue weighted by Gasteiger charge is -1.69. The second kappa shape index (κ2) is 16.6. The van der Waals surface area contributed by atoms with Crippen molar-refractivity contribution >= 4 is 24.8 Å². The van der Waals surface area contributed by atoms with Gasteiger partial charge in [0.15, 0.2) is 5.96 Å². The normalized spacial score (nSPS) is 4.50. The van der Waals surface area contributed by atoms with Gasteiger partial charge >= 0.3 is 0 Å². The van der Waals surface area contributed by atoms with Crippen LogP contribution in [-0.4, -0.2) is 12.4 Å². The van der Waals surface area contributed by atoms with Crippen LogP contribution in [0.2, 0.25) is 0 Å². The van der Waals surface area contributed by atoms with Crippen LogP contribution in [0.5, 0.6) is 0 Å². The number of guanidine groups is 1. The van der Waals surface area contributed by atoms with E-state index in [0.29, 0.717) is 0 Å². The third kappa shape index (κ3) is 86.8. The molecule has 0 aliphatic rings. The Kier molecular flexibility index (Phi) is 32.7. The van der Waals surface area contributed by atoms with Crippen molar-refractivity contribution in [3.8, 4) is 0 Å². The van der Waals surface area contributed by atoms with Crippen LogP contribution < -0.4 is 17.2 Å². The lowest BCUT2D eigenvalue weighted by Crippen LogP contribution is -2.20. The summed E-state index contributed by atoms with van der Waals surface area (Å²) in [4.78, 5) is 8.58. The number of rotatable bonds is 0. The summed E-state index contributed by atoms with van der Waals surface area (Å²) in [6.07, 6.45) is 0.250. The van der Waals surface area contributed by atoms with E-state index in [4.69, 9.17) is 10.2 Å². The van der Waals surface area contributed by atoms with Gasteiger partial charge in [0.1, 0.15) is 0 Å². The molecule has 0 spiro atoms. The average molecular weight is 141 g/mol. The molecule has 0 aromatic carbocycles. The van der Waals surface area contributed by atoms with Crippen LogP contribution in [0.15, 0.2) is 0 Å². The molecule has 0 bridgehead atoms. The number of primary amides is 1. The van der Waals surface area contributed by atoms with Gasteiger partial charge in [0, 0.05) is 0 Å². The van der Waals surface area contributed by atoms with Gasteiger partial charge in [-0.1, -0.05) is 0 Å². The molecule has 0 rings (SSSR count). The number of amides is 1. The highest BCUT2D eigenvalue weighted by atomic mass is 35.5. The van der Waals surface area contributed by atoms with Gasteiger partial charge in [0.05, 0.1) is 0 Å². The number of hydrogen-bond donors (Lipinski definition) is 4. The minimum atomic E-state index is -0.333. The van der Waals surface area contributed by atoms with Gasteiger partial charge in [-0.15, -0.1) is 12.4 Å². The Morgan fingerprint density at radius 3 is 1.50 bits per heavy atom. The van der Waals surface area contributed by atoms with Crippen LogP contribution in [0, 0.1) is 5.41 Å². The summed E-state index contributed by atoms with van der Waals surface area (Å²) in [5, 5.41) is 6.06. The second-order valence-corrected chi connectivity index (χ2v) is 0.591. The number of nitrogens with one attached hydrogen (secondary N) is 1. The number of nitrogens with two attached hydrogens (primary N) is 3. The third-order valence-corrected chi connectivity index (χ3v) is 0. The molecule has 8 heavy (non-hydrogen) atoms. The van der Waals surface area contributed by atoms with E-state index in [9.17, 15) is 0 Å². The van der Waals surface area contributed by atoms with Crippen LogP contribution in [0.4, 0.5) is 0 Å². The molecule has 0 aliphatic heterocycles. The summed E-state index contributed by atoms with van der Waals surface area (Å²) < 4.78 is 0. The van der Waals surface area contributed by atoms with Crippen molar-refractivity contribution in [1.29, 1.82) is 5.41 Å². The van der Waals surface area contributed by atoms with Gasteiger partial charge in [0.2, 0.25) is 6.41 Å². The predicted octanol–water partition coefficient (Wildman–Crippen LogP) is -1.64. The Hall–Kier alpha value is -0.970. The summed E-state index contributed by atoms with van der Waals surface area (Å²) in [6.45, 7) is 0. The van der Waals surface area contributed by atoms with Crippen molar-refractivity contribution in [1.82, 2.24) is 0 Å². The Morgan fingerprint density at radius 2 is 1.50 bits per heavy atom. The van der Waals surface area contributed by atoms with E-state index < -0.39 is 0 Å². The SMILES string of the molecule is Cl.N=C(N)N.NC=O. The van der Waals surface area contributed by atoms with Gasteiger partial charge in [-0.25, -0.2) is 0 Å². The first kappa shape index (κ1) is 15.7. The van der Waals surface area contributed by atoms with Crippen molar-refractivity contribution in [2.45, 2.75) is 0 Å². The van der Waals surface area contributed by atoms with Gasteiger partial charge in [0.25, 0.3) is 0 Å². The molecule has 5 nitrogen and oxygen atoms in total. The smallest absolute Gasteiger partial charge is 0.204 e. The molecule has 0 atom stereocenters. The van der Waals surface area contributed by atoms with Gasteiger partial charge in [-0.05, 0) is 0 Å². The number of carbonyl (C=O) groups is 1. The highest BCUT2D eigenvalue weighted by Crippen LogP contribution is 1.13. The van der Waals surface area contributed by atoms with Crippen LogP contribution in [-0.2, 0) is 4.79 Å². The molecule has 0 unspecified atom stereocenters. The van der Waals surface area contributed by atoms with Crippen molar-refractivity contribution in [3.05, 3.63) is 0 Å². The van der Waals surface area contributed by atoms with E-state index in [-0.39, 0.29) is 24.8 Å². The Bertz CT molecular complexity index is 61.1. The van der Waals surface area contributed by atoms with Crippen molar-refractivity contribution in [2.75, 3.05) is 0 Å². The molecule has 50 valence electrons. The fourth-order valence-corrected chi connectivity index (χ4v) is 0. The quantitative estimate of drug-likeness (QED) is 0.184. The zero-order valence-electron chi connectivity index (χ0n) is 4.13. The van der Waals surface area contributed by atoms with Crippen molar-refractivity contribution in [2.24, 2.45) is 17.2 Å². The Morgan fingerprint density at radius 1 is 1.50 bits per heavy atom. The number of halogens is 1. The molecule has 1 amide bonds. The molecular weight excluding hydrogens is 132 g/mol. The molecule has 0 aromatic heterocycles. The number of hydrogen-bond acceptors (Lipinski definition) is 2. The topological polar surface area (TPSA) is 119 Å². The minimum Gasteiger partial charge on any atom is -0.372 e. The molecule has 0 saturated heterocycles. The molecular formula is C2H9ClN4O. The fraction of sp³-hybridized carbons (Fsp3) is 0. The molecule has 0 fully saturated rings. The van der Waals surface area contributed by atoms with Crippen molar-refractivity contribution in [3.63, 3.8) is 0 Å². The molecule has 6 heteroatoms. The van der Waals surface area contributed by atoms with E-state index in [1.54, 1.807) is 0 Å². The van der Waals surface area contributed by atoms with E-state index in [2.05, 4.69) is 17.2 Å². The Labute approximate surface area is 53.1 Å². The molecule has 0 radical (unpaired) electrons. The first-order valence-electron chi connectivity index (χ1n) is 1.40. The monoisotopic (exact) mass is 140 g/mol. The van der Waals surface area contributed by atoms with E-state index in [1.165, 1.54) is 0 Å². The van der Waals surface area contributed by atoms with E-state index in [1.807, 2.05) is 0 Å². The minimum absolute atomic E-state index is 0. The van der Waals surface area contributed by atoms with E-state index >= 15 is 0 Å². The molecule has 7 N–H and O–H groups in total. The Balaban J connectivity index is -0.0000000575. The van der Waals surface area contributed by atoms with Gasteiger partial charge < -0.3 is 17.2 Å². The van der Waals surface area contributed by atoms with Crippen LogP contribution >= 0.6 is 12.4 Å². The fourth-order valence-electron chi connectivity index (χ4n) is 0. The van der Waals surface area contributed by atoms with Crippen LogP contribution in [0.1, 0.15) is 0 Å². The van der Waals surface area contributed by atoms with E-state index in [0.717, 1.165) is 0 Å². The maximum Gasteiger partial charge on any atom is 0.204 e. The standard InChI is InChI=1S/CH5N3.CH3NO.ClH/c2-1(3)4;2-1-3;/h(H5,2,3,4);1H,(H2,2,3);1H. The predicted molar refractivity (Wildman–Crippen MR) is 33.6 cm³/mol. The van der Waals surface area contributed by atoms with Crippen molar-refractivity contribution < 1.29 is 4.79 Å². The molecule has 0 heterocycles. The zero-order chi connectivity index (χ0) is 6.28.